The van der Waals surface area contributed by atoms with Crippen molar-refractivity contribution in [3.05, 3.63) is 12.3 Å². The van der Waals surface area contributed by atoms with E-state index in [0.717, 1.165) is 0 Å². The lowest BCUT2D eigenvalue weighted by molar-refractivity contribution is 0.311. The second-order valence-corrected chi connectivity index (χ2v) is 1.75. The van der Waals surface area contributed by atoms with Gasteiger partial charge in [0.15, 0.2) is 0 Å². The van der Waals surface area contributed by atoms with Crippen LogP contribution in [-0.4, -0.2) is 23.7 Å². The molecule has 11 heavy (non-hydrogen) atoms. The molecule has 0 aliphatic rings. The van der Waals surface area contributed by atoms with E-state index >= 15 is 0 Å². The van der Waals surface area contributed by atoms with E-state index in [1.807, 2.05) is 6.92 Å². The summed E-state index contributed by atoms with van der Waals surface area (Å²) in [6, 6.07) is 1.84. The molecule has 59 valence electrons. The van der Waals surface area contributed by atoms with Crippen molar-refractivity contribution in [3.63, 3.8) is 0 Å². The first-order valence-electron chi connectivity index (χ1n) is 3.28. The van der Waals surface area contributed by atoms with Crippen LogP contribution in [0.1, 0.15) is 6.92 Å². The molecule has 0 amide bonds. The van der Waals surface area contributed by atoms with Crippen molar-refractivity contribution in [2.45, 2.75) is 6.92 Å². The number of nitrogens with zero attached hydrogens (tertiary/aromatic N) is 2. The molecule has 1 rings (SSSR count). The fraction of sp³-hybridized carbons (Fsp3) is 0.429. The number of methoxy groups -OCH3 is 1. The third-order valence-electron chi connectivity index (χ3n) is 1.03. The van der Waals surface area contributed by atoms with Crippen LogP contribution in [0.5, 0.6) is 11.9 Å². The van der Waals surface area contributed by atoms with Gasteiger partial charge < -0.3 is 9.47 Å². The molecule has 0 aliphatic heterocycles. The predicted molar refractivity (Wildman–Crippen MR) is 38.6 cm³/mol. The third kappa shape index (κ3) is 2.07. The average molecular weight is 153 g/mol. The lowest BCUT2D eigenvalue weighted by Crippen LogP contribution is -1.97. The van der Waals surface area contributed by atoms with Crippen molar-refractivity contribution in [1.29, 1.82) is 0 Å². The minimum atomic E-state index is 0.274. The van der Waals surface area contributed by atoms with E-state index in [1.54, 1.807) is 6.07 Å². The molecule has 0 unspecified atom stereocenters. The summed E-state index contributed by atoms with van der Waals surface area (Å²) in [6.45, 7) is 2.46. The molecule has 1 heterocycles. The molecule has 4 heteroatoms. The van der Waals surface area contributed by atoms with Gasteiger partial charge in [-0.25, -0.2) is 0 Å². The Balaban J connectivity index is 2.74. The molecule has 0 bridgehead atoms. The largest absolute Gasteiger partial charge is 0.478 e. The van der Waals surface area contributed by atoms with Gasteiger partial charge in [-0.15, -0.1) is 0 Å². The molecule has 0 aromatic carbocycles. The standard InChI is InChI=1S/C7H9N2O2/c1-3-11-6-4-5-8-7(9-6)10-2/h4H,3H2,1-2H3. The maximum Gasteiger partial charge on any atom is 0.320 e. The zero-order chi connectivity index (χ0) is 8.10. The highest BCUT2D eigenvalue weighted by atomic mass is 16.5. The van der Waals surface area contributed by atoms with Crippen molar-refractivity contribution in [2.24, 2.45) is 0 Å². The molecule has 0 N–H and O–H groups in total. The van der Waals surface area contributed by atoms with Crippen LogP contribution in [0.15, 0.2) is 6.07 Å². The smallest absolute Gasteiger partial charge is 0.320 e. The molecule has 1 aromatic rings. The van der Waals surface area contributed by atoms with Gasteiger partial charge in [-0.1, -0.05) is 0 Å². The summed E-state index contributed by atoms with van der Waals surface area (Å²) < 4.78 is 9.85. The monoisotopic (exact) mass is 153 g/mol. The van der Waals surface area contributed by atoms with E-state index in [0.29, 0.717) is 12.5 Å². The summed E-state index contributed by atoms with van der Waals surface area (Å²) in [4.78, 5) is 7.60. The van der Waals surface area contributed by atoms with Gasteiger partial charge in [0.1, 0.15) is 6.20 Å². The molecule has 0 saturated carbocycles. The highest BCUT2D eigenvalue weighted by Crippen LogP contribution is 2.08. The summed E-state index contributed by atoms with van der Waals surface area (Å²) in [5.41, 5.74) is 0. The van der Waals surface area contributed by atoms with Crippen LogP contribution >= 0.6 is 0 Å². The maximum atomic E-state index is 5.09. The van der Waals surface area contributed by atoms with Gasteiger partial charge in [-0.2, -0.15) is 9.97 Å². The first kappa shape index (κ1) is 7.78. The molecule has 0 spiro atoms. The van der Waals surface area contributed by atoms with Crippen molar-refractivity contribution in [3.8, 4) is 11.9 Å². The minimum Gasteiger partial charge on any atom is -0.478 e. The van der Waals surface area contributed by atoms with Crippen LogP contribution in [-0.2, 0) is 0 Å². The number of aromatic nitrogens is 2. The van der Waals surface area contributed by atoms with Crippen LogP contribution in [0.3, 0.4) is 0 Å². The summed E-state index contributed by atoms with van der Waals surface area (Å²) in [6.07, 6.45) is 2.60. The van der Waals surface area contributed by atoms with E-state index in [2.05, 4.69) is 16.2 Å². The van der Waals surface area contributed by atoms with Crippen LogP contribution in [0.2, 0.25) is 0 Å². The molecule has 1 radical (unpaired) electrons. The Morgan fingerprint density at radius 3 is 3.09 bits per heavy atom. The van der Waals surface area contributed by atoms with Crippen molar-refractivity contribution in [1.82, 2.24) is 9.97 Å². The van der Waals surface area contributed by atoms with Gasteiger partial charge in [0.05, 0.1) is 13.7 Å². The Kier molecular flexibility index (Phi) is 2.66. The Morgan fingerprint density at radius 2 is 2.45 bits per heavy atom. The quantitative estimate of drug-likeness (QED) is 0.640. The summed E-state index contributed by atoms with van der Waals surface area (Å²) in [5, 5.41) is 0. The summed E-state index contributed by atoms with van der Waals surface area (Å²) in [5.74, 6) is 0.486. The van der Waals surface area contributed by atoms with Crippen LogP contribution in [0.25, 0.3) is 0 Å². The third-order valence-corrected chi connectivity index (χ3v) is 1.03. The molecule has 1 aromatic heterocycles. The van der Waals surface area contributed by atoms with E-state index in [9.17, 15) is 0 Å². The summed E-state index contributed by atoms with van der Waals surface area (Å²) >= 11 is 0. The van der Waals surface area contributed by atoms with E-state index in [1.165, 1.54) is 7.11 Å². The second kappa shape index (κ2) is 3.75. The fourth-order valence-electron chi connectivity index (χ4n) is 0.607. The maximum absolute atomic E-state index is 5.09. The minimum absolute atomic E-state index is 0.274. The van der Waals surface area contributed by atoms with Crippen molar-refractivity contribution >= 4 is 0 Å². The zero-order valence-electron chi connectivity index (χ0n) is 6.50. The fourth-order valence-corrected chi connectivity index (χ4v) is 0.607. The van der Waals surface area contributed by atoms with Gasteiger partial charge >= 0.3 is 6.01 Å². The number of hydrogen-bond acceptors (Lipinski definition) is 4. The highest BCUT2D eigenvalue weighted by Gasteiger charge is 1.97. The van der Waals surface area contributed by atoms with Gasteiger partial charge in [-0.05, 0) is 6.92 Å². The molecule has 0 atom stereocenters. The molecule has 0 fully saturated rings. The Morgan fingerprint density at radius 1 is 1.64 bits per heavy atom. The van der Waals surface area contributed by atoms with Crippen LogP contribution < -0.4 is 9.47 Å². The second-order valence-electron chi connectivity index (χ2n) is 1.75. The molecule has 0 aliphatic carbocycles. The predicted octanol–water partition coefficient (Wildman–Crippen LogP) is 0.684. The topological polar surface area (TPSA) is 44.2 Å². The first-order chi connectivity index (χ1) is 5.36. The normalized spacial score (nSPS) is 9.27. The van der Waals surface area contributed by atoms with Gasteiger partial charge in [0, 0.05) is 6.07 Å². The Bertz CT molecular complexity index is 227. The van der Waals surface area contributed by atoms with Gasteiger partial charge in [0.25, 0.3) is 0 Å². The Hall–Kier alpha value is -1.32. The molecular weight excluding hydrogens is 144 g/mol. The number of hydrogen-bond donors (Lipinski definition) is 0. The average Bonchev–Trinajstić information content (AvgIpc) is 2.06. The SMILES string of the molecule is CCOc1c[c]nc(OC)n1. The first-order valence-corrected chi connectivity index (χ1v) is 3.28. The molecule has 0 saturated heterocycles. The Labute approximate surface area is 65.2 Å². The number of rotatable bonds is 3. The summed E-state index contributed by atoms with van der Waals surface area (Å²) in [7, 11) is 1.50. The van der Waals surface area contributed by atoms with E-state index < -0.39 is 0 Å². The molecule has 4 nitrogen and oxygen atoms in total. The molecular formula is C7H9N2O2. The lowest BCUT2D eigenvalue weighted by atomic mass is 10.6. The van der Waals surface area contributed by atoms with Gasteiger partial charge in [0.2, 0.25) is 5.88 Å². The zero-order valence-corrected chi connectivity index (χ0v) is 6.50. The van der Waals surface area contributed by atoms with E-state index in [-0.39, 0.29) is 6.01 Å². The van der Waals surface area contributed by atoms with Crippen molar-refractivity contribution < 1.29 is 9.47 Å². The van der Waals surface area contributed by atoms with Crippen LogP contribution in [0, 0.1) is 6.20 Å². The van der Waals surface area contributed by atoms with E-state index in [4.69, 9.17) is 9.47 Å². The van der Waals surface area contributed by atoms with Crippen LogP contribution in [0.4, 0.5) is 0 Å². The highest BCUT2D eigenvalue weighted by molar-refractivity contribution is 5.09. The lowest BCUT2D eigenvalue weighted by Gasteiger charge is -2.01. The number of ether oxygens (including phenoxy) is 2. The van der Waals surface area contributed by atoms with Gasteiger partial charge in [-0.3, -0.25) is 0 Å². The van der Waals surface area contributed by atoms with Crippen molar-refractivity contribution in [2.75, 3.05) is 13.7 Å².